The molecular formula is C23H16ClNO3. The molecule has 0 bridgehead atoms. The van der Waals surface area contributed by atoms with Crippen molar-refractivity contribution in [2.24, 2.45) is 0 Å². The minimum absolute atomic E-state index is 0.0290. The average molecular weight is 390 g/mol. The molecule has 0 aromatic heterocycles. The van der Waals surface area contributed by atoms with Crippen molar-refractivity contribution in [1.29, 1.82) is 0 Å². The minimum Gasteiger partial charge on any atom is -0.485 e. The number of hydrogen-bond donors (Lipinski definition) is 1. The average Bonchev–Trinajstić information content (AvgIpc) is 3.02. The molecule has 1 N–H and O–H groups in total. The summed E-state index contributed by atoms with van der Waals surface area (Å²) < 4.78 is 5.57. The maximum atomic E-state index is 12.2. The molecule has 0 aliphatic carbocycles. The smallest absolute Gasteiger partial charge is 0.256 e. The fraction of sp³-hybridized carbons (Fsp3) is 0.0435. The van der Waals surface area contributed by atoms with Gasteiger partial charge in [0.15, 0.2) is 12.4 Å². The number of anilines is 1. The van der Waals surface area contributed by atoms with Crippen LogP contribution in [0.25, 0.3) is 11.6 Å². The number of carbonyl (C=O) groups excluding carboxylic acids is 2. The first-order chi connectivity index (χ1) is 13.6. The third-order valence-electron chi connectivity index (χ3n) is 4.42. The Balaban J connectivity index is 1.47. The number of amides is 1. The lowest BCUT2D eigenvalue weighted by molar-refractivity contribution is -0.110. The van der Waals surface area contributed by atoms with Gasteiger partial charge in [-0.15, -0.1) is 0 Å². The highest BCUT2D eigenvalue weighted by molar-refractivity contribution is 6.36. The summed E-state index contributed by atoms with van der Waals surface area (Å²) in [7, 11) is 0. The van der Waals surface area contributed by atoms with E-state index in [1.165, 1.54) is 0 Å². The van der Waals surface area contributed by atoms with Gasteiger partial charge < -0.3 is 10.1 Å². The van der Waals surface area contributed by atoms with Gasteiger partial charge in [0.2, 0.25) is 0 Å². The number of rotatable bonds is 5. The van der Waals surface area contributed by atoms with Gasteiger partial charge in [-0.3, -0.25) is 9.59 Å². The summed E-state index contributed by atoms with van der Waals surface area (Å²) in [4.78, 5) is 24.3. The van der Waals surface area contributed by atoms with E-state index in [1.807, 2.05) is 30.3 Å². The molecule has 3 aromatic carbocycles. The molecule has 0 radical (unpaired) electrons. The number of fused-ring (bicyclic) bond motifs is 1. The van der Waals surface area contributed by atoms with E-state index in [9.17, 15) is 9.59 Å². The zero-order valence-electron chi connectivity index (χ0n) is 14.8. The molecule has 28 heavy (non-hydrogen) atoms. The first-order valence-corrected chi connectivity index (χ1v) is 9.12. The van der Waals surface area contributed by atoms with Crippen LogP contribution in [0.4, 0.5) is 5.69 Å². The quantitative estimate of drug-likeness (QED) is 0.488. The van der Waals surface area contributed by atoms with Crippen molar-refractivity contribution >= 4 is 40.6 Å². The second-order valence-electron chi connectivity index (χ2n) is 6.35. The Kier molecular flexibility index (Phi) is 4.96. The van der Waals surface area contributed by atoms with Crippen molar-refractivity contribution in [3.8, 4) is 5.75 Å². The summed E-state index contributed by atoms with van der Waals surface area (Å²) in [5, 5.41) is 3.40. The van der Waals surface area contributed by atoms with Crippen LogP contribution in [0, 0.1) is 0 Å². The van der Waals surface area contributed by atoms with Crippen molar-refractivity contribution in [1.82, 2.24) is 0 Å². The van der Waals surface area contributed by atoms with Gasteiger partial charge in [-0.1, -0.05) is 54.1 Å². The Labute approximate surface area is 167 Å². The van der Waals surface area contributed by atoms with E-state index >= 15 is 0 Å². The van der Waals surface area contributed by atoms with Gasteiger partial charge in [0.05, 0.1) is 0 Å². The minimum atomic E-state index is -0.161. The van der Waals surface area contributed by atoms with E-state index in [-0.39, 0.29) is 18.3 Å². The number of carbonyl (C=O) groups is 2. The number of halogens is 1. The van der Waals surface area contributed by atoms with Crippen molar-refractivity contribution in [3.63, 3.8) is 0 Å². The van der Waals surface area contributed by atoms with Crippen molar-refractivity contribution in [2.75, 3.05) is 11.9 Å². The Morgan fingerprint density at radius 3 is 2.50 bits per heavy atom. The number of Topliss-reactive ketones (excluding diaryl/α,β-unsaturated/α-hetero) is 1. The van der Waals surface area contributed by atoms with Gasteiger partial charge in [-0.2, -0.15) is 0 Å². The maximum Gasteiger partial charge on any atom is 0.256 e. The van der Waals surface area contributed by atoms with Crippen LogP contribution >= 0.6 is 11.6 Å². The molecule has 5 heteroatoms. The van der Waals surface area contributed by atoms with Crippen LogP contribution in [0.1, 0.15) is 21.5 Å². The van der Waals surface area contributed by atoms with Crippen LogP contribution in [0.3, 0.4) is 0 Å². The van der Waals surface area contributed by atoms with Crippen LogP contribution < -0.4 is 10.1 Å². The van der Waals surface area contributed by atoms with E-state index < -0.39 is 0 Å². The zero-order valence-corrected chi connectivity index (χ0v) is 15.6. The van der Waals surface area contributed by atoms with Crippen molar-refractivity contribution in [2.45, 2.75) is 0 Å². The fourth-order valence-corrected chi connectivity index (χ4v) is 3.16. The predicted octanol–water partition coefficient (Wildman–Crippen LogP) is 5.09. The van der Waals surface area contributed by atoms with Gasteiger partial charge in [0.25, 0.3) is 5.91 Å². The lowest BCUT2D eigenvalue weighted by Gasteiger charge is -2.06. The molecule has 1 amide bonds. The van der Waals surface area contributed by atoms with Gasteiger partial charge >= 0.3 is 0 Å². The molecule has 0 saturated carbocycles. The second-order valence-corrected chi connectivity index (χ2v) is 6.79. The monoisotopic (exact) mass is 389 g/mol. The molecule has 138 valence electrons. The number of hydrogen-bond acceptors (Lipinski definition) is 3. The molecule has 0 saturated heterocycles. The highest BCUT2D eigenvalue weighted by Crippen LogP contribution is 2.35. The van der Waals surface area contributed by atoms with E-state index in [2.05, 4.69) is 5.32 Å². The molecular weight excluding hydrogens is 374 g/mol. The molecule has 0 fully saturated rings. The summed E-state index contributed by atoms with van der Waals surface area (Å²) in [5.74, 6) is 0.347. The van der Waals surface area contributed by atoms with E-state index in [4.69, 9.17) is 16.3 Å². The standard InChI is InChI=1S/C23H16ClNO3/c24-17-8-11-21-19(13-17)20(23(27)25-21)12-15-6-9-18(10-7-15)28-14-22(26)16-4-2-1-3-5-16/h1-13H,14H2,(H,25,27)/b20-12-. The number of ether oxygens (including phenoxy) is 1. The summed E-state index contributed by atoms with van der Waals surface area (Å²) in [5.41, 5.74) is 3.56. The van der Waals surface area contributed by atoms with Gasteiger partial charge in [-0.25, -0.2) is 0 Å². The molecule has 0 atom stereocenters. The van der Waals surface area contributed by atoms with Crippen LogP contribution in [0.15, 0.2) is 72.8 Å². The van der Waals surface area contributed by atoms with Gasteiger partial charge in [-0.05, 0) is 42.0 Å². The Hall–Kier alpha value is -3.37. The lowest BCUT2D eigenvalue weighted by Crippen LogP contribution is -2.11. The number of benzene rings is 3. The largest absolute Gasteiger partial charge is 0.485 e. The molecule has 1 aliphatic rings. The molecule has 0 unspecified atom stereocenters. The summed E-state index contributed by atoms with van der Waals surface area (Å²) >= 11 is 6.05. The van der Waals surface area contributed by atoms with Crippen LogP contribution in [0.5, 0.6) is 5.75 Å². The van der Waals surface area contributed by atoms with Crippen LogP contribution in [0.2, 0.25) is 5.02 Å². The van der Waals surface area contributed by atoms with E-state index in [0.29, 0.717) is 21.9 Å². The maximum absolute atomic E-state index is 12.2. The highest BCUT2D eigenvalue weighted by atomic mass is 35.5. The second kappa shape index (κ2) is 7.71. The summed E-state index contributed by atoms with van der Waals surface area (Å²) in [6.45, 7) is -0.0290. The Bertz CT molecular complexity index is 1070. The third-order valence-corrected chi connectivity index (χ3v) is 4.66. The summed E-state index contributed by atoms with van der Waals surface area (Å²) in [6, 6.07) is 21.6. The molecule has 0 spiro atoms. The lowest BCUT2D eigenvalue weighted by atomic mass is 10.0. The zero-order chi connectivity index (χ0) is 19.5. The van der Waals surface area contributed by atoms with Gasteiger partial charge in [0, 0.05) is 27.4 Å². The van der Waals surface area contributed by atoms with Crippen LogP contribution in [-0.4, -0.2) is 18.3 Å². The predicted molar refractivity (Wildman–Crippen MR) is 111 cm³/mol. The number of ketones is 1. The van der Waals surface area contributed by atoms with E-state index in [1.54, 1.807) is 48.5 Å². The SMILES string of the molecule is O=C1Nc2ccc(Cl)cc2/C1=C/c1ccc(OCC(=O)c2ccccc2)cc1. The first-order valence-electron chi connectivity index (χ1n) is 8.74. The molecule has 4 nitrogen and oxygen atoms in total. The molecule has 3 aromatic rings. The first kappa shape index (κ1) is 18.0. The molecule has 1 aliphatic heterocycles. The molecule has 4 rings (SSSR count). The molecule has 1 heterocycles. The van der Waals surface area contributed by atoms with Crippen molar-refractivity contribution < 1.29 is 14.3 Å². The number of nitrogens with one attached hydrogen (secondary N) is 1. The Morgan fingerprint density at radius 1 is 1.00 bits per heavy atom. The normalized spacial score (nSPS) is 13.9. The topological polar surface area (TPSA) is 55.4 Å². The summed E-state index contributed by atoms with van der Waals surface area (Å²) in [6.07, 6.45) is 1.80. The third kappa shape index (κ3) is 3.82. The fourth-order valence-electron chi connectivity index (χ4n) is 2.99. The van der Waals surface area contributed by atoms with Crippen LogP contribution in [-0.2, 0) is 4.79 Å². The van der Waals surface area contributed by atoms with E-state index in [0.717, 1.165) is 16.8 Å². The van der Waals surface area contributed by atoms with Gasteiger partial charge in [0.1, 0.15) is 5.75 Å². The Morgan fingerprint density at radius 2 is 1.75 bits per heavy atom. The van der Waals surface area contributed by atoms with Crippen molar-refractivity contribution in [3.05, 3.63) is 94.5 Å². The highest BCUT2D eigenvalue weighted by Gasteiger charge is 2.24.